The molecule has 1 aromatic carbocycles. The molecule has 0 aromatic heterocycles. The van der Waals surface area contributed by atoms with E-state index in [0.29, 0.717) is 30.1 Å². The van der Waals surface area contributed by atoms with Gasteiger partial charge in [-0.3, -0.25) is 0 Å². The SMILES string of the molecule is COc1ccc(N(N)CCCS(=O)O)c(N)c1. The van der Waals surface area contributed by atoms with Gasteiger partial charge in [0.2, 0.25) is 0 Å². The van der Waals surface area contributed by atoms with Crippen LogP contribution in [0.4, 0.5) is 11.4 Å². The Morgan fingerprint density at radius 2 is 2.24 bits per heavy atom. The first-order chi connectivity index (χ1) is 8.04. The molecule has 0 saturated heterocycles. The molecule has 0 aliphatic heterocycles. The molecular weight excluding hydrogens is 242 g/mol. The minimum Gasteiger partial charge on any atom is -0.497 e. The Hall–Kier alpha value is -1.31. The van der Waals surface area contributed by atoms with Gasteiger partial charge in [0.25, 0.3) is 0 Å². The van der Waals surface area contributed by atoms with Gasteiger partial charge in [-0.25, -0.2) is 10.1 Å². The minimum absolute atomic E-state index is 0.198. The van der Waals surface area contributed by atoms with Crippen LogP contribution in [0.1, 0.15) is 6.42 Å². The molecule has 7 heteroatoms. The van der Waals surface area contributed by atoms with Gasteiger partial charge >= 0.3 is 0 Å². The predicted molar refractivity (Wildman–Crippen MR) is 69.2 cm³/mol. The van der Waals surface area contributed by atoms with Gasteiger partial charge < -0.3 is 20.0 Å². The molecule has 0 aliphatic carbocycles. The van der Waals surface area contributed by atoms with Crippen LogP contribution in [0.2, 0.25) is 0 Å². The van der Waals surface area contributed by atoms with E-state index in [-0.39, 0.29) is 5.75 Å². The van der Waals surface area contributed by atoms with E-state index in [1.54, 1.807) is 25.3 Å². The number of benzene rings is 1. The molecule has 5 N–H and O–H groups in total. The summed E-state index contributed by atoms with van der Waals surface area (Å²) in [6.45, 7) is 0.461. The molecule has 0 aliphatic rings. The Labute approximate surface area is 103 Å². The van der Waals surface area contributed by atoms with Crippen LogP contribution in [0.25, 0.3) is 0 Å². The first-order valence-corrected chi connectivity index (χ1v) is 6.35. The molecule has 1 aromatic rings. The average molecular weight is 259 g/mol. The topological polar surface area (TPSA) is 102 Å². The molecule has 17 heavy (non-hydrogen) atoms. The number of nitrogens with zero attached hydrogens (tertiary/aromatic N) is 1. The van der Waals surface area contributed by atoms with Crippen molar-refractivity contribution >= 4 is 22.5 Å². The van der Waals surface area contributed by atoms with Crippen molar-refractivity contribution < 1.29 is 13.5 Å². The Kier molecular flexibility index (Phi) is 5.20. The summed E-state index contributed by atoms with van der Waals surface area (Å²) in [5.74, 6) is 6.67. The largest absolute Gasteiger partial charge is 0.497 e. The van der Waals surface area contributed by atoms with Crippen molar-refractivity contribution in [3.63, 3.8) is 0 Å². The highest BCUT2D eigenvalue weighted by Crippen LogP contribution is 2.25. The summed E-state index contributed by atoms with van der Waals surface area (Å²) in [4.78, 5) is 0. The van der Waals surface area contributed by atoms with Crippen LogP contribution in [-0.2, 0) is 11.1 Å². The summed E-state index contributed by atoms with van der Waals surface area (Å²) in [5, 5.41) is 1.46. The Balaban J connectivity index is 2.62. The number of nitrogens with two attached hydrogens (primary N) is 2. The summed E-state index contributed by atoms with van der Waals surface area (Å²) in [6, 6.07) is 5.19. The highest BCUT2D eigenvalue weighted by molar-refractivity contribution is 7.79. The van der Waals surface area contributed by atoms with Crippen molar-refractivity contribution in [2.24, 2.45) is 5.84 Å². The van der Waals surface area contributed by atoms with Crippen molar-refractivity contribution in [2.45, 2.75) is 6.42 Å². The van der Waals surface area contributed by atoms with E-state index in [2.05, 4.69) is 0 Å². The zero-order valence-electron chi connectivity index (χ0n) is 9.63. The van der Waals surface area contributed by atoms with E-state index in [4.69, 9.17) is 20.9 Å². The molecule has 1 unspecified atom stereocenters. The van der Waals surface area contributed by atoms with E-state index in [1.807, 2.05) is 0 Å². The predicted octanol–water partition coefficient (Wildman–Crippen LogP) is 0.569. The number of hydrogen-bond acceptors (Lipinski definition) is 5. The Morgan fingerprint density at radius 3 is 2.76 bits per heavy atom. The fraction of sp³-hybridized carbons (Fsp3) is 0.400. The van der Waals surface area contributed by atoms with Gasteiger partial charge in [0.15, 0.2) is 11.1 Å². The lowest BCUT2D eigenvalue weighted by Gasteiger charge is -2.20. The normalized spacial score (nSPS) is 12.2. The van der Waals surface area contributed by atoms with E-state index in [9.17, 15) is 4.21 Å². The number of nitrogen functional groups attached to an aromatic ring is 1. The molecule has 0 amide bonds. The number of hydrazine groups is 1. The number of hydrogen-bond donors (Lipinski definition) is 3. The second-order valence-electron chi connectivity index (χ2n) is 3.50. The zero-order chi connectivity index (χ0) is 12.8. The first kappa shape index (κ1) is 13.8. The second kappa shape index (κ2) is 6.43. The quantitative estimate of drug-likeness (QED) is 0.299. The van der Waals surface area contributed by atoms with Crippen LogP contribution in [0.15, 0.2) is 18.2 Å². The van der Waals surface area contributed by atoms with Crippen molar-refractivity contribution in [3.8, 4) is 5.75 Å². The number of ether oxygens (including phenoxy) is 1. The summed E-state index contributed by atoms with van der Waals surface area (Å²) in [5.41, 5.74) is 7.00. The first-order valence-electron chi connectivity index (χ1n) is 5.08. The number of rotatable bonds is 6. The number of methoxy groups -OCH3 is 1. The average Bonchev–Trinajstić information content (AvgIpc) is 2.28. The molecule has 0 fully saturated rings. The molecule has 0 saturated carbocycles. The van der Waals surface area contributed by atoms with Crippen LogP contribution in [-0.4, -0.2) is 28.2 Å². The van der Waals surface area contributed by atoms with Gasteiger partial charge in [-0.1, -0.05) is 0 Å². The molecule has 0 bridgehead atoms. The molecule has 1 atom stereocenters. The molecule has 6 nitrogen and oxygen atoms in total. The maximum absolute atomic E-state index is 10.5. The third-order valence-electron chi connectivity index (χ3n) is 2.26. The van der Waals surface area contributed by atoms with Gasteiger partial charge in [-0.15, -0.1) is 0 Å². The van der Waals surface area contributed by atoms with Gasteiger partial charge in [-0.2, -0.15) is 0 Å². The summed E-state index contributed by atoms with van der Waals surface area (Å²) >= 11 is -1.78. The van der Waals surface area contributed by atoms with Crippen molar-refractivity contribution in [3.05, 3.63) is 18.2 Å². The third-order valence-corrected chi connectivity index (χ3v) is 2.90. The molecule has 0 spiro atoms. The third kappa shape index (κ3) is 4.22. The lowest BCUT2D eigenvalue weighted by atomic mass is 10.2. The van der Waals surface area contributed by atoms with Crippen molar-refractivity contribution in [1.82, 2.24) is 0 Å². The summed E-state index contributed by atoms with van der Waals surface area (Å²) < 4.78 is 24.1. The molecular formula is C10H17N3O3S. The highest BCUT2D eigenvalue weighted by atomic mass is 32.2. The fourth-order valence-electron chi connectivity index (χ4n) is 1.40. The van der Waals surface area contributed by atoms with Crippen LogP contribution in [0.5, 0.6) is 5.75 Å². The minimum atomic E-state index is -1.78. The monoisotopic (exact) mass is 259 g/mol. The summed E-state index contributed by atoms with van der Waals surface area (Å²) in [7, 11) is 1.56. The van der Waals surface area contributed by atoms with Crippen LogP contribution >= 0.6 is 0 Å². The van der Waals surface area contributed by atoms with E-state index >= 15 is 0 Å². The Morgan fingerprint density at radius 1 is 1.53 bits per heavy atom. The van der Waals surface area contributed by atoms with Gasteiger partial charge in [0.1, 0.15) is 5.75 Å². The molecule has 0 radical (unpaired) electrons. The maximum atomic E-state index is 10.5. The highest BCUT2D eigenvalue weighted by Gasteiger charge is 2.07. The fourth-order valence-corrected chi connectivity index (χ4v) is 1.78. The van der Waals surface area contributed by atoms with Crippen molar-refractivity contribution in [1.29, 1.82) is 0 Å². The van der Waals surface area contributed by atoms with E-state index < -0.39 is 11.1 Å². The van der Waals surface area contributed by atoms with Gasteiger partial charge in [-0.05, 0) is 18.6 Å². The molecule has 1 rings (SSSR count). The second-order valence-corrected chi connectivity index (χ2v) is 4.55. The van der Waals surface area contributed by atoms with Crippen LogP contribution < -0.4 is 21.3 Å². The smallest absolute Gasteiger partial charge is 0.152 e. The molecule has 0 heterocycles. The van der Waals surface area contributed by atoms with Gasteiger partial charge in [0.05, 0.1) is 24.2 Å². The van der Waals surface area contributed by atoms with Gasteiger partial charge in [0, 0.05) is 12.6 Å². The summed E-state index contributed by atoms with van der Waals surface area (Å²) in [6.07, 6.45) is 0.519. The van der Waals surface area contributed by atoms with Crippen molar-refractivity contribution in [2.75, 3.05) is 30.1 Å². The maximum Gasteiger partial charge on any atom is 0.152 e. The lowest BCUT2D eigenvalue weighted by Crippen LogP contribution is -2.33. The van der Waals surface area contributed by atoms with Crippen LogP contribution in [0.3, 0.4) is 0 Å². The lowest BCUT2D eigenvalue weighted by molar-refractivity contribution is 0.415. The zero-order valence-corrected chi connectivity index (χ0v) is 10.4. The van der Waals surface area contributed by atoms with Crippen LogP contribution in [0, 0.1) is 0 Å². The van der Waals surface area contributed by atoms with E-state index in [1.165, 1.54) is 5.01 Å². The Bertz CT molecular complexity index is 400. The standard InChI is InChI=1S/C10H17N3O3S/c1-16-8-3-4-10(9(11)7-8)13(12)5-2-6-17(14)15/h3-4,7H,2,5-6,11-12H2,1H3,(H,14,15). The number of anilines is 2. The molecule has 96 valence electrons. The van der Waals surface area contributed by atoms with E-state index in [0.717, 1.165) is 0 Å².